The minimum absolute atomic E-state index is 0.0589. The van der Waals surface area contributed by atoms with Crippen molar-refractivity contribution in [3.05, 3.63) is 12.2 Å². The van der Waals surface area contributed by atoms with Crippen molar-refractivity contribution in [1.29, 1.82) is 0 Å². The van der Waals surface area contributed by atoms with Gasteiger partial charge in [-0.1, -0.05) is 51.2 Å². The first-order valence-corrected chi connectivity index (χ1v) is 8.71. The van der Waals surface area contributed by atoms with E-state index in [2.05, 4.69) is 19.1 Å². The number of ether oxygens (including phenoxy) is 1. The van der Waals surface area contributed by atoms with Gasteiger partial charge in [-0.05, 0) is 48.9 Å². The molecule has 2 heteroatoms. The zero-order chi connectivity index (χ0) is 14.0. The largest absolute Gasteiger partial charge is 0.364 e. The highest BCUT2D eigenvalue weighted by Gasteiger charge is 2.45. The quantitative estimate of drug-likeness (QED) is 0.582. The number of allylic oxidation sites excluding steroid dienone is 2. The summed E-state index contributed by atoms with van der Waals surface area (Å²) in [5, 5.41) is 0. The average Bonchev–Trinajstić information content (AvgIpc) is 2.99. The lowest BCUT2D eigenvalue weighted by molar-refractivity contribution is 0.00881. The maximum absolute atomic E-state index is 6.24. The van der Waals surface area contributed by atoms with Crippen LogP contribution < -0.4 is 5.73 Å². The van der Waals surface area contributed by atoms with E-state index in [-0.39, 0.29) is 6.23 Å². The molecule has 0 radical (unpaired) electrons. The van der Waals surface area contributed by atoms with Gasteiger partial charge in [0, 0.05) is 6.61 Å². The first kappa shape index (κ1) is 14.6. The fourth-order valence-corrected chi connectivity index (χ4v) is 4.81. The van der Waals surface area contributed by atoms with Gasteiger partial charge >= 0.3 is 0 Å². The number of rotatable bonds is 6. The standard InChI is InChI=1S/C18H31NO/c1-18(12-15-7-8-16(18)11-15)13-17(19)20-10-9-14-5-3-2-4-6-14/h7-8,14-17H,2-6,9-13,19H2,1H3. The molecule has 2 bridgehead atoms. The van der Waals surface area contributed by atoms with Crippen LogP contribution in [0.3, 0.4) is 0 Å². The Morgan fingerprint density at radius 1 is 1.25 bits per heavy atom. The van der Waals surface area contributed by atoms with E-state index in [1.165, 1.54) is 51.4 Å². The van der Waals surface area contributed by atoms with Gasteiger partial charge < -0.3 is 10.5 Å². The summed E-state index contributed by atoms with van der Waals surface area (Å²) in [4.78, 5) is 0. The lowest BCUT2D eigenvalue weighted by Crippen LogP contribution is -2.34. The monoisotopic (exact) mass is 277 g/mol. The van der Waals surface area contributed by atoms with E-state index in [1.54, 1.807) is 0 Å². The van der Waals surface area contributed by atoms with Gasteiger partial charge in [0.05, 0.1) is 0 Å². The van der Waals surface area contributed by atoms with Crippen molar-refractivity contribution in [2.24, 2.45) is 28.9 Å². The molecule has 0 aromatic rings. The second kappa shape index (κ2) is 6.19. The molecule has 4 unspecified atom stereocenters. The molecule has 20 heavy (non-hydrogen) atoms. The number of nitrogens with two attached hydrogens (primary N) is 1. The lowest BCUT2D eigenvalue weighted by atomic mass is 9.74. The van der Waals surface area contributed by atoms with Crippen LogP contribution in [0.15, 0.2) is 12.2 Å². The van der Waals surface area contributed by atoms with Gasteiger partial charge in [0.1, 0.15) is 6.23 Å². The van der Waals surface area contributed by atoms with Crippen LogP contribution in [0.2, 0.25) is 0 Å². The van der Waals surface area contributed by atoms with Crippen LogP contribution in [0.1, 0.15) is 64.7 Å². The number of hydrogen-bond donors (Lipinski definition) is 1. The van der Waals surface area contributed by atoms with E-state index in [0.717, 1.165) is 30.8 Å². The van der Waals surface area contributed by atoms with Gasteiger partial charge in [-0.2, -0.15) is 0 Å². The van der Waals surface area contributed by atoms with Crippen molar-refractivity contribution in [2.75, 3.05) is 6.61 Å². The predicted octanol–water partition coefficient (Wildman–Crippen LogP) is 4.25. The Morgan fingerprint density at radius 2 is 2.05 bits per heavy atom. The Morgan fingerprint density at radius 3 is 2.70 bits per heavy atom. The smallest absolute Gasteiger partial charge is 0.106 e. The molecule has 3 aliphatic rings. The van der Waals surface area contributed by atoms with Crippen LogP contribution in [-0.2, 0) is 4.74 Å². The minimum atomic E-state index is -0.0589. The SMILES string of the molecule is CC1(CC(N)OCCC2CCCCC2)CC2C=CC1C2. The fraction of sp³-hybridized carbons (Fsp3) is 0.889. The van der Waals surface area contributed by atoms with Crippen molar-refractivity contribution in [1.82, 2.24) is 0 Å². The van der Waals surface area contributed by atoms with Gasteiger partial charge in [0.25, 0.3) is 0 Å². The Balaban J connectivity index is 1.37. The second-order valence-corrected chi connectivity index (χ2v) is 7.75. The number of hydrogen-bond acceptors (Lipinski definition) is 2. The highest BCUT2D eigenvalue weighted by molar-refractivity contribution is 5.14. The Hall–Kier alpha value is -0.340. The van der Waals surface area contributed by atoms with E-state index in [9.17, 15) is 0 Å². The van der Waals surface area contributed by atoms with Gasteiger partial charge in [-0.3, -0.25) is 0 Å². The van der Waals surface area contributed by atoms with Gasteiger partial charge in [-0.25, -0.2) is 0 Å². The van der Waals surface area contributed by atoms with Gasteiger partial charge in [0.15, 0.2) is 0 Å². The molecule has 2 fully saturated rings. The topological polar surface area (TPSA) is 35.2 Å². The summed E-state index contributed by atoms with van der Waals surface area (Å²) in [6.45, 7) is 3.28. The highest BCUT2D eigenvalue weighted by Crippen LogP contribution is 2.54. The van der Waals surface area contributed by atoms with E-state index >= 15 is 0 Å². The first-order chi connectivity index (χ1) is 9.66. The third-order valence-electron chi connectivity index (χ3n) is 6.05. The molecule has 3 rings (SSSR count). The normalized spacial score (nSPS) is 38.5. The van der Waals surface area contributed by atoms with E-state index < -0.39 is 0 Å². The van der Waals surface area contributed by atoms with Crippen LogP contribution in [0, 0.1) is 23.2 Å². The summed E-state index contributed by atoms with van der Waals surface area (Å²) in [6.07, 6.45) is 16.8. The lowest BCUT2D eigenvalue weighted by Gasteiger charge is -2.34. The van der Waals surface area contributed by atoms with Crippen molar-refractivity contribution >= 4 is 0 Å². The third kappa shape index (κ3) is 3.28. The molecule has 2 saturated carbocycles. The van der Waals surface area contributed by atoms with E-state index in [0.29, 0.717) is 5.41 Å². The summed E-state index contributed by atoms with van der Waals surface area (Å²) in [5.74, 6) is 2.47. The molecular weight excluding hydrogens is 246 g/mol. The molecule has 0 aliphatic heterocycles. The van der Waals surface area contributed by atoms with E-state index in [4.69, 9.17) is 10.5 Å². The van der Waals surface area contributed by atoms with Crippen LogP contribution >= 0.6 is 0 Å². The van der Waals surface area contributed by atoms with Gasteiger partial charge in [-0.15, -0.1) is 0 Å². The summed E-state index contributed by atoms with van der Waals surface area (Å²) < 4.78 is 5.93. The fourth-order valence-electron chi connectivity index (χ4n) is 4.81. The molecule has 4 atom stereocenters. The predicted molar refractivity (Wildman–Crippen MR) is 83.2 cm³/mol. The molecule has 0 aromatic heterocycles. The molecule has 2 N–H and O–H groups in total. The van der Waals surface area contributed by atoms with Crippen LogP contribution in [-0.4, -0.2) is 12.8 Å². The molecule has 3 aliphatic carbocycles. The average molecular weight is 277 g/mol. The molecule has 0 aromatic carbocycles. The first-order valence-electron chi connectivity index (χ1n) is 8.71. The maximum atomic E-state index is 6.24. The van der Waals surface area contributed by atoms with Crippen LogP contribution in [0.25, 0.3) is 0 Å². The van der Waals surface area contributed by atoms with Crippen molar-refractivity contribution in [2.45, 2.75) is 70.9 Å². The molecule has 0 amide bonds. The van der Waals surface area contributed by atoms with E-state index in [1.807, 2.05) is 0 Å². The zero-order valence-electron chi connectivity index (χ0n) is 13.0. The van der Waals surface area contributed by atoms with Crippen molar-refractivity contribution in [3.63, 3.8) is 0 Å². The molecule has 2 nitrogen and oxygen atoms in total. The van der Waals surface area contributed by atoms with Crippen LogP contribution in [0.5, 0.6) is 0 Å². The Kier molecular flexibility index (Phi) is 4.52. The Labute approximate surface area is 124 Å². The summed E-state index contributed by atoms with van der Waals surface area (Å²) in [5.41, 5.74) is 6.63. The maximum Gasteiger partial charge on any atom is 0.106 e. The summed E-state index contributed by atoms with van der Waals surface area (Å²) >= 11 is 0. The summed E-state index contributed by atoms with van der Waals surface area (Å²) in [7, 11) is 0. The minimum Gasteiger partial charge on any atom is -0.364 e. The second-order valence-electron chi connectivity index (χ2n) is 7.75. The molecule has 0 saturated heterocycles. The molecular formula is C18H31NO. The number of fused-ring (bicyclic) bond motifs is 2. The molecule has 114 valence electrons. The van der Waals surface area contributed by atoms with Gasteiger partial charge in [0.2, 0.25) is 0 Å². The van der Waals surface area contributed by atoms with Crippen molar-refractivity contribution < 1.29 is 4.74 Å². The molecule has 0 heterocycles. The highest BCUT2D eigenvalue weighted by atomic mass is 16.5. The zero-order valence-corrected chi connectivity index (χ0v) is 13.0. The Bertz CT molecular complexity index is 347. The van der Waals surface area contributed by atoms with Crippen LogP contribution in [0.4, 0.5) is 0 Å². The van der Waals surface area contributed by atoms with Crippen molar-refractivity contribution in [3.8, 4) is 0 Å². The third-order valence-corrected chi connectivity index (χ3v) is 6.05. The molecule has 0 spiro atoms. The summed E-state index contributed by atoms with van der Waals surface area (Å²) in [6, 6.07) is 0.